The summed E-state index contributed by atoms with van der Waals surface area (Å²) in [5, 5.41) is 0.299. The minimum atomic E-state index is -2.84. The zero-order valence-electron chi connectivity index (χ0n) is 8.86. The number of carbonyl (C=O) groups excluding carboxylic acids is 1. The van der Waals surface area contributed by atoms with Gasteiger partial charge < -0.3 is 5.73 Å². The second-order valence-corrected chi connectivity index (χ2v) is 4.87. The number of aromatic nitrogens is 1. The van der Waals surface area contributed by atoms with E-state index in [1.165, 1.54) is 12.1 Å². The minimum absolute atomic E-state index is 0.0596. The monoisotopic (exact) mass is 288 g/mol. The van der Waals surface area contributed by atoms with Crippen molar-refractivity contribution in [3.05, 3.63) is 45.4 Å². The first kappa shape index (κ1) is 12.9. The lowest BCUT2D eigenvalue weighted by Crippen LogP contribution is -2.03. The predicted octanol–water partition coefficient (Wildman–Crippen LogP) is 3.55. The first-order valence-corrected chi connectivity index (χ1v) is 6.03. The van der Waals surface area contributed by atoms with Gasteiger partial charge in [0.1, 0.15) is 10.6 Å². The maximum absolute atomic E-state index is 12.7. The number of thiazole rings is 1. The lowest BCUT2D eigenvalue weighted by molar-refractivity contribution is 0.102. The Morgan fingerprint density at radius 3 is 2.78 bits per heavy atom. The van der Waals surface area contributed by atoms with Gasteiger partial charge in [0, 0.05) is 10.6 Å². The van der Waals surface area contributed by atoms with E-state index in [1.807, 2.05) is 0 Å². The standard InChI is InChI=1S/C11H7ClF2N2OS/c12-6-3-1-2-5(4-6)8(17)9-7(10(13)14)16-11(15)18-9/h1-4,10H,(H2,15,16). The molecule has 94 valence electrons. The summed E-state index contributed by atoms with van der Waals surface area (Å²) in [7, 11) is 0. The molecule has 0 fully saturated rings. The van der Waals surface area contributed by atoms with Crippen molar-refractivity contribution in [1.82, 2.24) is 4.98 Å². The van der Waals surface area contributed by atoms with Crippen LogP contribution in [-0.2, 0) is 0 Å². The maximum atomic E-state index is 12.7. The van der Waals surface area contributed by atoms with Crippen LogP contribution in [0.3, 0.4) is 0 Å². The molecule has 1 aromatic carbocycles. The van der Waals surface area contributed by atoms with Gasteiger partial charge in [-0.1, -0.05) is 35.1 Å². The molecule has 18 heavy (non-hydrogen) atoms. The maximum Gasteiger partial charge on any atom is 0.282 e. The minimum Gasteiger partial charge on any atom is -0.375 e. The molecule has 0 spiro atoms. The van der Waals surface area contributed by atoms with Gasteiger partial charge >= 0.3 is 0 Å². The molecule has 1 heterocycles. The Morgan fingerprint density at radius 2 is 2.17 bits per heavy atom. The highest BCUT2D eigenvalue weighted by atomic mass is 35.5. The smallest absolute Gasteiger partial charge is 0.282 e. The van der Waals surface area contributed by atoms with Crippen LogP contribution in [0.4, 0.5) is 13.9 Å². The van der Waals surface area contributed by atoms with E-state index in [0.29, 0.717) is 5.02 Å². The number of benzene rings is 1. The summed E-state index contributed by atoms with van der Waals surface area (Å²) in [6.07, 6.45) is -2.84. The summed E-state index contributed by atoms with van der Waals surface area (Å²) in [5.74, 6) is -0.554. The number of hydrogen-bond donors (Lipinski definition) is 1. The Bertz CT molecular complexity index is 600. The average molecular weight is 289 g/mol. The van der Waals surface area contributed by atoms with Crippen molar-refractivity contribution < 1.29 is 13.6 Å². The lowest BCUT2D eigenvalue weighted by atomic mass is 10.1. The molecule has 0 unspecified atom stereocenters. The zero-order chi connectivity index (χ0) is 13.3. The van der Waals surface area contributed by atoms with Gasteiger partial charge in [-0.3, -0.25) is 4.79 Å². The number of rotatable bonds is 3. The Kier molecular flexibility index (Phi) is 3.58. The fraction of sp³-hybridized carbons (Fsp3) is 0.0909. The molecule has 0 saturated heterocycles. The molecule has 0 amide bonds. The summed E-state index contributed by atoms with van der Waals surface area (Å²) in [4.78, 5) is 15.4. The van der Waals surface area contributed by atoms with E-state index in [4.69, 9.17) is 17.3 Å². The van der Waals surface area contributed by atoms with Crippen molar-refractivity contribution in [2.45, 2.75) is 6.43 Å². The van der Waals surface area contributed by atoms with Crippen molar-refractivity contribution in [3.63, 3.8) is 0 Å². The van der Waals surface area contributed by atoms with Gasteiger partial charge in [-0.2, -0.15) is 0 Å². The van der Waals surface area contributed by atoms with E-state index in [9.17, 15) is 13.6 Å². The van der Waals surface area contributed by atoms with Crippen molar-refractivity contribution in [1.29, 1.82) is 0 Å². The number of hydrogen-bond acceptors (Lipinski definition) is 4. The zero-order valence-corrected chi connectivity index (χ0v) is 10.4. The lowest BCUT2D eigenvalue weighted by Gasteiger charge is -2.01. The van der Waals surface area contributed by atoms with Crippen molar-refractivity contribution in [2.75, 3.05) is 5.73 Å². The Morgan fingerprint density at radius 1 is 1.44 bits per heavy atom. The Labute approximate surface area is 110 Å². The van der Waals surface area contributed by atoms with Crippen LogP contribution in [0.15, 0.2) is 24.3 Å². The molecule has 0 aliphatic rings. The number of nitrogen functional groups attached to an aromatic ring is 1. The number of alkyl halides is 2. The molecule has 0 radical (unpaired) electrons. The number of halogens is 3. The van der Waals surface area contributed by atoms with Gasteiger partial charge in [-0.05, 0) is 12.1 Å². The van der Waals surface area contributed by atoms with Gasteiger partial charge in [0.2, 0.25) is 5.78 Å². The largest absolute Gasteiger partial charge is 0.375 e. The molecule has 0 saturated carbocycles. The van der Waals surface area contributed by atoms with E-state index in [0.717, 1.165) is 11.3 Å². The van der Waals surface area contributed by atoms with E-state index < -0.39 is 17.9 Å². The van der Waals surface area contributed by atoms with Crippen LogP contribution in [-0.4, -0.2) is 10.8 Å². The highest BCUT2D eigenvalue weighted by Gasteiger charge is 2.24. The molecule has 3 nitrogen and oxygen atoms in total. The second kappa shape index (κ2) is 4.99. The first-order valence-electron chi connectivity index (χ1n) is 4.83. The molecule has 0 aliphatic heterocycles. The van der Waals surface area contributed by atoms with Crippen LogP contribution in [0.25, 0.3) is 0 Å². The topological polar surface area (TPSA) is 56.0 Å². The van der Waals surface area contributed by atoms with Gasteiger partial charge in [0.25, 0.3) is 6.43 Å². The number of anilines is 1. The second-order valence-electron chi connectivity index (χ2n) is 3.41. The molecule has 1 aromatic heterocycles. The Hall–Kier alpha value is -1.53. The van der Waals surface area contributed by atoms with Gasteiger partial charge in [0.15, 0.2) is 5.13 Å². The van der Waals surface area contributed by atoms with Crippen molar-refractivity contribution in [2.24, 2.45) is 0 Å². The third-order valence-corrected chi connectivity index (χ3v) is 3.30. The van der Waals surface area contributed by atoms with E-state index >= 15 is 0 Å². The fourth-order valence-electron chi connectivity index (χ4n) is 1.42. The number of nitrogens with zero attached hydrogens (tertiary/aromatic N) is 1. The third kappa shape index (κ3) is 2.49. The van der Waals surface area contributed by atoms with E-state index in [2.05, 4.69) is 4.98 Å². The fourth-order valence-corrected chi connectivity index (χ4v) is 2.41. The van der Waals surface area contributed by atoms with E-state index in [-0.39, 0.29) is 15.6 Å². The van der Waals surface area contributed by atoms with Crippen molar-refractivity contribution >= 4 is 33.9 Å². The predicted molar refractivity (Wildman–Crippen MR) is 66.4 cm³/mol. The quantitative estimate of drug-likeness (QED) is 0.879. The summed E-state index contributed by atoms with van der Waals surface area (Å²) >= 11 is 6.49. The van der Waals surface area contributed by atoms with Gasteiger partial charge in [0.05, 0.1) is 0 Å². The van der Waals surface area contributed by atoms with Crippen LogP contribution >= 0.6 is 22.9 Å². The molecular weight excluding hydrogens is 282 g/mol. The third-order valence-electron chi connectivity index (χ3n) is 2.17. The highest BCUT2D eigenvalue weighted by molar-refractivity contribution is 7.17. The molecule has 0 bridgehead atoms. The van der Waals surface area contributed by atoms with Gasteiger partial charge in [-0.15, -0.1) is 0 Å². The summed E-state index contributed by atoms with van der Waals surface area (Å²) in [6, 6.07) is 6.07. The van der Waals surface area contributed by atoms with Gasteiger partial charge in [-0.25, -0.2) is 13.8 Å². The summed E-state index contributed by atoms with van der Waals surface area (Å²) < 4.78 is 25.4. The molecule has 0 atom stereocenters. The van der Waals surface area contributed by atoms with Crippen LogP contribution in [0.1, 0.15) is 27.4 Å². The van der Waals surface area contributed by atoms with E-state index in [1.54, 1.807) is 12.1 Å². The Balaban J connectivity index is 2.46. The molecule has 2 rings (SSSR count). The van der Waals surface area contributed by atoms with Crippen LogP contribution in [0, 0.1) is 0 Å². The number of ketones is 1. The number of nitrogens with two attached hydrogens (primary N) is 1. The first-order chi connectivity index (χ1) is 8.49. The highest BCUT2D eigenvalue weighted by Crippen LogP contribution is 2.30. The molecule has 7 heteroatoms. The SMILES string of the molecule is Nc1nc(C(F)F)c(C(=O)c2cccc(Cl)c2)s1. The van der Waals surface area contributed by atoms with Crippen molar-refractivity contribution in [3.8, 4) is 0 Å². The summed E-state index contributed by atoms with van der Waals surface area (Å²) in [5.41, 5.74) is 5.01. The molecule has 2 aromatic rings. The number of carbonyl (C=O) groups is 1. The summed E-state index contributed by atoms with van der Waals surface area (Å²) in [6.45, 7) is 0. The molecule has 0 aliphatic carbocycles. The molecule has 2 N–H and O–H groups in total. The van der Waals surface area contributed by atoms with Crippen LogP contribution in [0.5, 0.6) is 0 Å². The van der Waals surface area contributed by atoms with Crippen LogP contribution < -0.4 is 5.73 Å². The average Bonchev–Trinajstić information content (AvgIpc) is 2.70. The van der Waals surface area contributed by atoms with Crippen LogP contribution in [0.2, 0.25) is 5.02 Å². The molecular formula is C11H7ClF2N2OS. The normalized spacial score (nSPS) is 10.9.